The van der Waals surface area contributed by atoms with Gasteiger partial charge in [0.2, 0.25) is 6.79 Å². The van der Waals surface area contributed by atoms with E-state index in [1.165, 1.54) is 5.56 Å². The van der Waals surface area contributed by atoms with Crippen LogP contribution in [0.15, 0.2) is 24.4 Å². The Morgan fingerprint density at radius 3 is 3.00 bits per heavy atom. The Morgan fingerprint density at radius 1 is 1.40 bits per heavy atom. The molecule has 1 aromatic carbocycles. The Bertz CT molecular complexity index is 622. The summed E-state index contributed by atoms with van der Waals surface area (Å²) in [4.78, 5) is 0. The summed E-state index contributed by atoms with van der Waals surface area (Å²) in [6.45, 7) is 5.22. The van der Waals surface area contributed by atoms with Crippen LogP contribution >= 0.6 is 0 Å². The van der Waals surface area contributed by atoms with Crippen LogP contribution in [0.5, 0.6) is 11.5 Å². The first-order chi connectivity index (χ1) is 9.65. The minimum atomic E-state index is 0.238. The van der Waals surface area contributed by atoms with E-state index in [2.05, 4.69) is 29.6 Å². The average molecular weight is 273 g/mol. The number of aromatic nitrogens is 2. The third-order valence-electron chi connectivity index (χ3n) is 3.59. The molecule has 1 aliphatic rings. The maximum atomic E-state index is 5.52. The number of fused-ring (bicyclic) bond motifs is 1. The summed E-state index contributed by atoms with van der Waals surface area (Å²) in [7, 11) is 1.94. The quantitative estimate of drug-likeness (QED) is 0.928. The molecule has 0 spiro atoms. The van der Waals surface area contributed by atoms with Gasteiger partial charge < -0.3 is 14.8 Å². The molecular formula is C15H19N3O2. The average Bonchev–Trinajstić information content (AvgIpc) is 3.02. The largest absolute Gasteiger partial charge is 0.454 e. The zero-order valence-corrected chi connectivity index (χ0v) is 12.0. The van der Waals surface area contributed by atoms with E-state index in [1.54, 1.807) is 0 Å². The molecule has 0 saturated heterocycles. The van der Waals surface area contributed by atoms with E-state index in [0.29, 0.717) is 6.79 Å². The van der Waals surface area contributed by atoms with Crippen LogP contribution in [-0.4, -0.2) is 16.6 Å². The van der Waals surface area contributed by atoms with Crippen molar-refractivity contribution in [2.24, 2.45) is 7.05 Å². The molecule has 0 aliphatic carbocycles. The van der Waals surface area contributed by atoms with Crippen LogP contribution in [0.4, 0.5) is 0 Å². The lowest BCUT2D eigenvalue weighted by Gasteiger charge is -2.14. The molecule has 0 saturated carbocycles. The van der Waals surface area contributed by atoms with E-state index < -0.39 is 0 Å². The summed E-state index contributed by atoms with van der Waals surface area (Å²) in [6, 6.07) is 6.22. The van der Waals surface area contributed by atoms with Gasteiger partial charge in [-0.25, -0.2) is 0 Å². The summed E-state index contributed by atoms with van der Waals surface area (Å²) >= 11 is 0. The van der Waals surface area contributed by atoms with Crippen molar-refractivity contribution in [2.45, 2.75) is 26.4 Å². The SMILES string of the molecule is Cc1nn(C)cc1C(C)NCc1cccc2c1OCO2. The summed E-state index contributed by atoms with van der Waals surface area (Å²) in [5, 5.41) is 7.89. The number of nitrogens with one attached hydrogen (secondary N) is 1. The Labute approximate surface area is 118 Å². The smallest absolute Gasteiger partial charge is 0.231 e. The second-order valence-corrected chi connectivity index (χ2v) is 5.10. The van der Waals surface area contributed by atoms with Gasteiger partial charge in [-0.2, -0.15) is 5.10 Å². The van der Waals surface area contributed by atoms with Gasteiger partial charge in [-0.05, 0) is 19.9 Å². The third-order valence-corrected chi connectivity index (χ3v) is 3.59. The molecule has 5 heteroatoms. The van der Waals surface area contributed by atoms with Gasteiger partial charge in [0.15, 0.2) is 11.5 Å². The Hall–Kier alpha value is -2.01. The van der Waals surface area contributed by atoms with Gasteiger partial charge in [0.05, 0.1) is 5.69 Å². The molecule has 1 aromatic heterocycles. The van der Waals surface area contributed by atoms with Crippen molar-refractivity contribution in [2.75, 3.05) is 6.79 Å². The minimum absolute atomic E-state index is 0.238. The molecule has 5 nitrogen and oxygen atoms in total. The van der Waals surface area contributed by atoms with E-state index in [9.17, 15) is 0 Å². The number of nitrogens with zero attached hydrogens (tertiary/aromatic N) is 2. The highest BCUT2D eigenvalue weighted by molar-refractivity contribution is 5.48. The van der Waals surface area contributed by atoms with Gasteiger partial charge >= 0.3 is 0 Å². The van der Waals surface area contributed by atoms with E-state index >= 15 is 0 Å². The van der Waals surface area contributed by atoms with Gasteiger partial charge in [-0.1, -0.05) is 12.1 Å². The molecular weight excluding hydrogens is 254 g/mol. The molecule has 0 amide bonds. The predicted molar refractivity (Wildman–Crippen MR) is 75.8 cm³/mol. The molecule has 106 valence electrons. The highest BCUT2D eigenvalue weighted by Crippen LogP contribution is 2.35. The van der Waals surface area contributed by atoms with Crippen LogP contribution in [0.25, 0.3) is 0 Å². The number of rotatable bonds is 4. The summed E-state index contributed by atoms with van der Waals surface area (Å²) in [6.07, 6.45) is 2.06. The summed E-state index contributed by atoms with van der Waals surface area (Å²) in [5.74, 6) is 1.68. The molecule has 1 aliphatic heterocycles. The number of hydrogen-bond acceptors (Lipinski definition) is 4. The van der Waals surface area contributed by atoms with Crippen LogP contribution in [0.3, 0.4) is 0 Å². The van der Waals surface area contributed by atoms with Gasteiger partial charge in [-0.15, -0.1) is 0 Å². The zero-order chi connectivity index (χ0) is 14.1. The second kappa shape index (κ2) is 5.17. The molecule has 0 bridgehead atoms. The van der Waals surface area contributed by atoms with Crippen molar-refractivity contribution in [1.82, 2.24) is 15.1 Å². The summed E-state index contributed by atoms with van der Waals surface area (Å²) < 4.78 is 12.8. The van der Waals surface area contributed by atoms with Crippen LogP contribution in [0, 0.1) is 6.92 Å². The molecule has 2 heterocycles. The lowest BCUT2D eigenvalue weighted by molar-refractivity contribution is 0.173. The Morgan fingerprint density at radius 2 is 2.25 bits per heavy atom. The maximum Gasteiger partial charge on any atom is 0.231 e. The van der Waals surface area contributed by atoms with Crippen molar-refractivity contribution in [1.29, 1.82) is 0 Å². The number of hydrogen-bond donors (Lipinski definition) is 1. The first-order valence-electron chi connectivity index (χ1n) is 6.76. The number of ether oxygens (including phenoxy) is 2. The van der Waals surface area contributed by atoms with E-state index in [4.69, 9.17) is 9.47 Å². The normalized spacial score (nSPS) is 14.6. The Balaban J connectivity index is 1.71. The molecule has 2 aromatic rings. The molecule has 0 fully saturated rings. The molecule has 20 heavy (non-hydrogen) atoms. The fourth-order valence-corrected chi connectivity index (χ4v) is 2.55. The van der Waals surface area contributed by atoms with Crippen molar-refractivity contribution >= 4 is 0 Å². The fraction of sp³-hybridized carbons (Fsp3) is 0.400. The first-order valence-corrected chi connectivity index (χ1v) is 6.76. The van der Waals surface area contributed by atoms with Crippen molar-refractivity contribution in [3.8, 4) is 11.5 Å². The highest BCUT2D eigenvalue weighted by Gasteiger charge is 2.18. The monoisotopic (exact) mass is 273 g/mol. The molecule has 1 unspecified atom stereocenters. The zero-order valence-electron chi connectivity index (χ0n) is 12.0. The minimum Gasteiger partial charge on any atom is -0.454 e. The second-order valence-electron chi connectivity index (χ2n) is 5.10. The topological polar surface area (TPSA) is 48.3 Å². The standard InChI is InChI=1S/C15H19N3O2/c1-10(13-8-18(3)17-11(13)2)16-7-12-5-4-6-14-15(12)20-9-19-14/h4-6,8,10,16H,7,9H2,1-3H3. The molecule has 1 N–H and O–H groups in total. The predicted octanol–water partition coefficient (Wildman–Crippen LogP) is 2.31. The Kier molecular flexibility index (Phi) is 3.36. The van der Waals surface area contributed by atoms with Crippen LogP contribution in [-0.2, 0) is 13.6 Å². The molecule has 3 rings (SSSR count). The highest BCUT2D eigenvalue weighted by atomic mass is 16.7. The van der Waals surface area contributed by atoms with Gasteiger partial charge in [0.1, 0.15) is 0 Å². The van der Waals surface area contributed by atoms with Crippen molar-refractivity contribution < 1.29 is 9.47 Å². The van der Waals surface area contributed by atoms with Crippen molar-refractivity contribution in [3.05, 3.63) is 41.2 Å². The van der Waals surface area contributed by atoms with Gasteiger partial charge in [0.25, 0.3) is 0 Å². The number of benzene rings is 1. The fourth-order valence-electron chi connectivity index (χ4n) is 2.55. The molecule has 1 atom stereocenters. The number of para-hydroxylation sites is 1. The van der Waals surface area contributed by atoms with E-state index in [-0.39, 0.29) is 6.04 Å². The summed E-state index contributed by atoms with van der Waals surface area (Å²) in [5.41, 5.74) is 3.40. The lowest BCUT2D eigenvalue weighted by Crippen LogP contribution is -2.18. The lowest BCUT2D eigenvalue weighted by atomic mass is 10.1. The van der Waals surface area contributed by atoms with E-state index in [0.717, 1.165) is 29.3 Å². The van der Waals surface area contributed by atoms with Crippen molar-refractivity contribution in [3.63, 3.8) is 0 Å². The molecule has 0 radical (unpaired) electrons. The van der Waals surface area contributed by atoms with Gasteiger partial charge in [-0.3, -0.25) is 4.68 Å². The van der Waals surface area contributed by atoms with E-state index in [1.807, 2.05) is 30.8 Å². The first kappa shape index (κ1) is 13.0. The third kappa shape index (κ3) is 2.36. The van der Waals surface area contributed by atoms with Crippen LogP contribution < -0.4 is 14.8 Å². The van der Waals surface area contributed by atoms with Crippen LogP contribution in [0.2, 0.25) is 0 Å². The maximum absolute atomic E-state index is 5.52. The van der Waals surface area contributed by atoms with Gasteiger partial charge in [0, 0.05) is 37.0 Å². The number of aryl methyl sites for hydroxylation is 2. The van der Waals surface area contributed by atoms with Crippen LogP contribution in [0.1, 0.15) is 29.8 Å².